The zero-order valence-electron chi connectivity index (χ0n) is 14.8. The van der Waals surface area contributed by atoms with E-state index >= 15 is 0 Å². The van der Waals surface area contributed by atoms with E-state index in [4.69, 9.17) is 0 Å². The average Bonchev–Trinajstić information content (AvgIpc) is 2.60. The first-order valence-corrected chi connectivity index (χ1v) is 8.61. The highest BCUT2D eigenvalue weighted by atomic mass is 19.4. The summed E-state index contributed by atoms with van der Waals surface area (Å²) in [6.07, 6.45) is -3.15. The molecule has 3 N–H and O–H groups in total. The van der Waals surface area contributed by atoms with Crippen molar-refractivity contribution in [3.8, 4) is 0 Å². The van der Waals surface area contributed by atoms with E-state index < -0.39 is 30.5 Å². The van der Waals surface area contributed by atoms with E-state index in [1.54, 1.807) is 6.92 Å². The fourth-order valence-electron chi connectivity index (χ4n) is 2.41. The molecule has 0 radical (unpaired) electrons. The number of hydrogen-bond acceptors (Lipinski definition) is 5. The van der Waals surface area contributed by atoms with Crippen LogP contribution in [0, 0.1) is 0 Å². The Morgan fingerprint density at radius 1 is 1.27 bits per heavy atom. The minimum absolute atomic E-state index is 0.130. The summed E-state index contributed by atoms with van der Waals surface area (Å²) < 4.78 is 41.6. The van der Waals surface area contributed by atoms with Crippen LogP contribution in [0.15, 0.2) is 30.3 Å². The third kappa shape index (κ3) is 8.16. The molecule has 0 saturated heterocycles. The number of alkyl halides is 3. The molecule has 0 saturated carbocycles. The SMILES string of the molecule is CCCCC(O)(CNC(CO)CCc1ccccc1)OC(=O)C(F)(F)F. The number of benzene rings is 1. The summed E-state index contributed by atoms with van der Waals surface area (Å²) >= 11 is 0. The van der Waals surface area contributed by atoms with Crippen LogP contribution in [0.25, 0.3) is 0 Å². The third-order valence-corrected chi connectivity index (χ3v) is 3.95. The van der Waals surface area contributed by atoms with Gasteiger partial charge in [-0.2, -0.15) is 13.2 Å². The molecule has 26 heavy (non-hydrogen) atoms. The fraction of sp³-hybridized carbons (Fsp3) is 0.611. The van der Waals surface area contributed by atoms with Gasteiger partial charge in [0.1, 0.15) is 0 Å². The van der Waals surface area contributed by atoms with Gasteiger partial charge < -0.3 is 20.3 Å². The van der Waals surface area contributed by atoms with E-state index in [0.717, 1.165) is 5.56 Å². The largest absolute Gasteiger partial charge is 0.491 e. The van der Waals surface area contributed by atoms with Crippen LogP contribution in [0.1, 0.15) is 38.2 Å². The quantitative estimate of drug-likeness (QED) is 0.408. The molecule has 0 aliphatic rings. The zero-order chi connectivity index (χ0) is 19.6. The molecule has 0 aliphatic heterocycles. The van der Waals surface area contributed by atoms with Gasteiger partial charge in [-0.3, -0.25) is 0 Å². The first kappa shape index (κ1) is 22.4. The number of aliphatic hydroxyl groups is 2. The van der Waals surface area contributed by atoms with Crippen molar-refractivity contribution in [1.82, 2.24) is 5.32 Å². The van der Waals surface area contributed by atoms with Crippen molar-refractivity contribution in [3.63, 3.8) is 0 Å². The van der Waals surface area contributed by atoms with Crippen LogP contribution < -0.4 is 5.32 Å². The molecule has 5 nitrogen and oxygen atoms in total. The molecule has 1 rings (SSSR count). The van der Waals surface area contributed by atoms with Gasteiger partial charge in [0.25, 0.3) is 0 Å². The number of esters is 1. The highest BCUT2D eigenvalue weighted by molar-refractivity contribution is 5.76. The average molecular weight is 377 g/mol. The number of carbonyl (C=O) groups is 1. The van der Waals surface area contributed by atoms with Gasteiger partial charge in [0.15, 0.2) is 0 Å². The van der Waals surface area contributed by atoms with Crippen LogP contribution in [0.4, 0.5) is 13.2 Å². The Morgan fingerprint density at radius 3 is 2.46 bits per heavy atom. The highest BCUT2D eigenvalue weighted by Gasteiger charge is 2.45. The van der Waals surface area contributed by atoms with Crippen LogP contribution in [0.3, 0.4) is 0 Å². The molecule has 1 aromatic rings. The van der Waals surface area contributed by atoms with Crippen molar-refractivity contribution >= 4 is 5.97 Å². The standard InChI is InChI=1S/C18H26F3NO4/c1-2-3-11-17(25,26-16(24)18(19,20)21)13-22-15(12-23)10-9-14-7-5-4-6-8-14/h4-8,15,22-23,25H,2-3,9-13H2,1H3. The minimum atomic E-state index is -5.18. The van der Waals surface area contributed by atoms with Crippen LogP contribution >= 0.6 is 0 Å². The fourth-order valence-corrected chi connectivity index (χ4v) is 2.41. The number of rotatable bonds is 11. The second-order valence-electron chi connectivity index (χ2n) is 6.22. The molecule has 8 heteroatoms. The van der Waals surface area contributed by atoms with Crippen molar-refractivity contribution in [2.45, 2.75) is 57.0 Å². The highest BCUT2D eigenvalue weighted by Crippen LogP contribution is 2.23. The summed E-state index contributed by atoms with van der Waals surface area (Å²) in [6.45, 7) is 1.15. The predicted molar refractivity (Wildman–Crippen MR) is 90.3 cm³/mol. The summed E-state index contributed by atoms with van der Waals surface area (Å²) in [7, 11) is 0. The number of aliphatic hydroxyl groups excluding tert-OH is 1. The Hall–Kier alpha value is -1.64. The second-order valence-corrected chi connectivity index (χ2v) is 6.22. The van der Waals surface area contributed by atoms with Crippen LogP contribution in [0.2, 0.25) is 0 Å². The maximum absolute atomic E-state index is 12.4. The summed E-state index contributed by atoms with van der Waals surface area (Å²) in [5.41, 5.74) is 1.05. The van der Waals surface area contributed by atoms with Gasteiger partial charge in [-0.1, -0.05) is 43.7 Å². The Bertz CT molecular complexity index is 539. The Labute approximate surface area is 151 Å². The van der Waals surface area contributed by atoms with Crippen LogP contribution in [-0.2, 0) is 16.0 Å². The lowest BCUT2D eigenvalue weighted by molar-refractivity contribution is -0.248. The number of nitrogens with one attached hydrogen (secondary N) is 1. The normalized spacial score (nSPS) is 15.3. The maximum Gasteiger partial charge on any atom is 0.491 e. The molecule has 0 aliphatic carbocycles. The molecule has 1 aromatic carbocycles. The molecule has 2 unspecified atom stereocenters. The molecule has 0 amide bonds. The van der Waals surface area contributed by atoms with E-state index in [0.29, 0.717) is 25.7 Å². The lowest BCUT2D eigenvalue weighted by Gasteiger charge is -2.30. The number of aryl methyl sites for hydroxylation is 1. The lowest BCUT2D eigenvalue weighted by atomic mass is 10.0. The number of hydrogen-bond donors (Lipinski definition) is 3. The number of halogens is 3. The molecular weight excluding hydrogens is 351 g/mol. The Balaban J connectivity index is 2.62. The van der Waals surface area contributed by atoms with Crippen molar-refractivity contribution in [2.24, 2.45) is 0 Å². The number of ether oxygens (including phenoxy) is 1. The van der Waals surface area contributed by atoms with Gasteiger partial charge in [0.2, 0.25) is 5.79 Å². The van der Waals surface area contributed by atoms with Crippen LogP contribution in [-0.4, -0.2) is 47.3 Å². The Morgan fingerprint density at radius 2 is 1.92 bits per heavy atom. The predicted octanol–water partition coefficient (Wildman–Crippen LogP) is 2.55. The van der Waals surface area contributed by atoms with E-state index in [1.807, 2.05) is 30.3 Å². The lowest BCUT2D eigenvalue weighted by Crippen LogP contribution is -2.50. The third-order valence-electron chi connectivity index (χ3n) is 3.95. The zero-order valence-corrected chi connectivity index (χ0v) is 14.8. The summed E-state index contributed by atoms with van der Waals surface area (Å²) in [5.74, 6) is -4.70. The summed E-state index contributed by atoms with van der Waals surface area (Å²) in [5, 5.41) is 22.6. The summed E-state index contributed by atoms with van der Waals surface area (Å²) in [6, 6.07) is 9.06. The van der Waals surface area contributed by atoms with Gasteiger partial charge in [-0.15, -0.1) is 0 Å². The Kier molecular flexibility index (Phi) is 9.04. The van der Waals surface area contributed by atoms with Gasteiger partial charge in [0, 0.05) is 12.5 Å². The van der Waals surface area contributed by atoms with E-state index in [-0.39, 0.29) is 13.0 Å². The number of unbranched alkanes of at least 4 members (excludes halogenated alkanes) is 1. The molecule has 148 valence electrons. The monoisotopic (exact) mass is 377 g/mol. The van der Waals surface area contributed by atoms with E-state index in [1.165, 1.54) is 0 Å². The first-order chi connectivity index (χ1) is 12.2. The minimum Gasteiger partial charge on any atom is -0.425 e. The van der Waals surface area contributed by atoms with Gasteiger partial charge in [0.05, 0.1) is 13.2 Å². The first-order valence-electron chi connectivity index (χ1n) is 8.61. The summed E-state index contributed by atoms with van der Waals surface area (Å²) in [4.78, 5) is 11.1. The molecule has 0 spiro atoms. The van der Waals surface area contributed by atoms with Gasteiger partial charge in [-0.25, -0.2) is 4.79 Å². The second kappa shape index (κ2) is 10.5. The molecule has 0 heterocycles. The molecular formula is C18H26F3NO4. The van der Waals surface area contributed by atoms with Crippen molar-refractivity contribution in [1.29, 1.82) is 0 Å². The molecule has 0 fully saturated rings. The topological polar surface area (TPSA) is 78.8 Å². The van der Waals surface area contributed by atoms with Crippen LogP contribution in [0.5, 0.6) is 0 Å². The smallest absolute Gasteiger partial charge is 0.425 e. The molecule has 2 atom stereocenters. The van der Waals surface area contributed by atoms with Crippen molar-refractivity contribution in [3.05, 3.63) is 35.9 Å². The maximum atomic E-state index is 12.4. The molecule has 0 bridgehead atoms. The molecule has 0 aromatic heterocycles. The van der Waals surface area contributed by atoms with Gasteiger partial charge in [-0.05, 0) is 24.8 Å². The van der Waals surface area contributed by atoms with Crippen molar-refractivity contribution < 1.29 is 32.9 Å². The van der Waals surface area contributed by atoms with Gasteiger partial charge >= 0.3 is 12.1 Å². The van der Waals surface area contributed by atoms with Crippen molar-refractivity contribution in [2.75, 3.05) is 13.2 Å². The van der Waals surface area contributed by atoms with E-state index in [9.17, 15) is 28.2 Å². The van der Waals surface area contributed by atoms with E-state index in [2.05, 4.69) is 10.1 Å². The number of carbonyl (C=O) groups excluding carboxylic acids is 1.